The van der Waals surface area contributed by atoms with E-state index in [4.69, 9.17) is 20.9 Å². The molecule has 2 aromatic carbocycles. The molecule has 1 aliphatic carbocycles. The maximum Gasteiger partial charge on any atom is 0.411 e. The third-order valence-corrected chi connectivity index (χ3v) is 5.58. The molecule has 1 fully saturated rings. The van der Waals surface area contributed by atoms with Crippen LogP contribution in [0.1, 0.15) is 39.2 Å². The van der Waals surface area contributed by atoms with E-state index >= 15 is 0 Å². The van der Waals surface area contributed by atoms with Crippen molar-refractivity contribution in [2.45, 2.75) is 45.3 Å². The number of rotatable bonds is 7. The lowest BCUT2D eigenvalue weighted by Gasteiger charge is -2.30. The van der Waals surface area contributed by atoms with Gasteiger partial charge in [-0.15, -0.1) is 0 Å². The van der Waals surface area contributed by atoms with Gasteiger partial charge in [-0.05, 0) is 57.4 Å². The van der Waals surface area contributed by atoms with Crippen LogP contribution in [0.25, 0.3) is 22.2 Å². The summed E-state index contributed by atoms with van der Waals surface area (Å²) in [5.74, 6) is 0.0507. The van der Waals surface area contributed by atoms with Crippen LogP contribution in [0, 0.1) is 0 Å². The number of nitrogens with one attached hydrogen (secondary N) is 1. The summed E-state index contributed by atoms with van der Waals surface area (Å²) in [6, 6.07) is 13.5. The molecular weight excluding hydrogens is 408 g/mol. The van der Waals surface area contributed by atoms with Crippen molar-refractivity contribution in [3.05, 3.63) is 42.5 Å². The Bertz CT molecular complexity index is 1150. The van der Waals surface area contributed by atoms with Gasteiger partial charge < -0.3 is 25.5 Å². The summed E-state index contributed by atoms with van der Waals surface area (Å²) in [5.41, 5.74) is 16.0. The van der Waals surface area contributed by atoms with Gasteiger partial charge in [0.05, 0.1) is 23.0 Å². The van der Waals surface area contributed by atoms with Gasteiger partial charge in [0.15, 0.2) is 6.61 Å². The maximum atomic E-state index is 11.9. The van der Waals surface area contributed by atoms with Crippen LogP contribution in [0.5, 0.6) is 5.75 Å². The van der Waals surface area contributed by atoms with E-state index in [1.54, 1.807) is 19.9 Å². The van der Waals surface area contributed by atoms with Crippen molar-refractivity contribution in [1.82, 2.24) is 4.57 Å². The Morgan fingerprint density at radius 2 is 1.88 bits per heavy atom. The number of nitrogen functional groups attached to an aromatic ring is 1. The molecule has 1 aromatic heterocycles. The number of aromatic nitrogens is 1. The number of primary amides is 1. The van der Waals surface area contributed by atoms with E-state index in [9.17, 15) is 9.59 Å². The molecule has 8 heteroatoms. The number of amides is 2. The van der Waals surface area contributed by atoms with Crippen LogP contribution in [0.3, 0.4) is 0 Å². The fourth-order valence-electron chi connectivity index (χ4n) is 3.95. The summed E-state index contributed by atoms with van der Waals surface area (Å²) in [6.45, 7) is 3.43. The van der Waals surface area contributed by atoms with Crippen LogP contribution in [0.4, 0.5) is 16.2 Å². The van der Waals surface area contributed by atoms with Crippen LogP contribution in [-0.4, -0.2) is 29.3 Å². The van der Waals surface area contributed by atoms with Crippen molar-refractivity contribution >= 4 is 34.3 Å². The lowest BCUT2D eigenvalue weighted by molar-refractivity contribution is -0.119. The molecule has 0 unspecified atom stereocenters. The number of ether oxygens (including phenoxy) is 2. The van der Waals surface area contributed by atoms with Gasteiger partial charge >= 0.3 is 6.09 Å². The second kappa shape index (κ2) is 8.82. The van der Waals surface area contributed by atoms with Crippen LogP contribution >= 0.6 is 0 Å². The molecule has 32 heavy (non-hydrogen) atoms. The molecule has 0 spiro atoms. The van der Waals surface area contributed by atoms with Gasteiger partial charge in [0.1, 0.15) is 5.75 Å². The van der Waals surface area contributed by atoms with E-state index in [1.165, 1.54) is 6.42 Å². The highest BCUT2D eigenvalue weighted by Crippen LogP contribution is 2.44. The molecule has 1 saturated carbocycles. The number of anilines is 2. The lowest BCUT2D eigenvalue weighted by Crippen LogP contribution is -2.20. The maximum absolute atomic E-state index is 11.9. The first-order valence-electron chi connectivity index (χ1n) is 10.8. The standard InChI is InChI=1S/C24H28N4O4/c1-14(2)32-24(30)27-16-8-6-15(7-9-16)23-22(26)19-11-10-18(31-13-21(25)29)12-20(19)28(23)17-4-3-5-17/h6-12,14,17H,3-5,13,26H2,1-2H3,(H2,25,29)(H,27,30). The largest absolute Gasteiger partial charge is 0.484 e. The quantitative estimate of drug-likeness (QED) is 0.506. The number of nitrogens with two attached hydrogens (primary N) is 2. The molecule has 1 aliphatic rings. The average Bonchev–Trinajstić information content (AvgIpc) is 2.97. The van der Waals surface area contributed by atoms with Crippen molar-refractivity contribution < 1.29 is 19.1 Å². The Hall–Kier alpha value is -3.68. The Kier molecular flexibility index (Phi) is 5.94. The summed E-state index contributed by atoms with van der Waals surface area (Å²) in [7, 11) is 0. The number of nitrogens with zero attached hydrogens (tertiary/aromatic N) is 1. The van der Waals surface area contributed by atoms with Gasteiger partial charge in [-0.1, -0.05) is 12.1 Å². The molecular formula is C24H28N4O4. The minimum Gasteiger partial charge on any atom is -0.484 e. The fraction of sp³-hybridized carbons (Fsp3) is 0.333. The molecule has 0 aliphatic heterocycles. The monoisotopic (exact) mass is 436 g/mol. The second-order valence-electron chi connectivity index (χ2n) is 8.31. The third kappa shape index (κ3) is 4.34. The number of carbonyl (C=O) groups is 2. The highest BCUT2D eigenvalue weighted by molar-refractivity contribution is 6.01. The van der Waals surface area contributed by atoms with E-state index in [2.05, 4.69) is 9.88 Å². The van der Waals surface area contributed by atoms with Gasteiger partial charge in [-0.2, -0.15) is 0 Å². The van der Waals surface area contributed by atoms with Gasteiger partial charge in [-0.25, -0.2) is 4.79 Å². The summed E-state index contributed by atoms with van der Waals surface area (Å²) >= 11 is 0. The van der Waals surface area contributed by atoms with Gasteiger partial charge in [0.2, 0.25) is 0 Å². The average molecular weight is 437 g/mol. The van der Waals surface area contributed by atoms with Gasteiger partial charge in [0, 0.05) is 28.7 Å². The van der Waals surface area contributed by atoms with E-state index in [-0.39, 0.29) is 12.7 Å². The summed E-state index contributed by atoms with van der Waals surface area (Å²) in [5, 5.41) is 3.66. The van der Waals surface area contributed by atoms with E-state index in [0.717, 1.165) is 35.0 Å². The molecule has 1 heterocycles. The van der Waals surface area contributed by atoms with Gasteiger partial charge in [0.25, 0.3) is 5.91 Å². The van der Waals surface area contributed by atoms with E-state index in [0.29, 0.717) is 23.2 Å². The molecule has 0 radical (unpaired) electrons. The van der Waals surface area contributed by atoms with Crippen molar-refractivity contribution in [3.63, 3.8) is 0 Å². The van der Waals surface area contributed by atoms with Gasteiger partial charge in [-0.3, -0.25) is 10.1 Å². The molecule has 2 amide bonds. The Morgan fingerprint density at radius 1 is 1.16 bits per heavy atom. The fourth-order valence-corrected chi connectivity index (χ4v) is 3.95. The summed E-state index contributed by atoms with van der Waals surface area (Å²) < 4.78 is 12.9. The van der Waals surface area contributed by atoms with Crippen molar-refractivity contribution in [3.8, 4) is 17.0 Å². The highest BCUT2D eigenvalue weighted by atomic mass is 16.6. The SMILES string of the molecule is CC(C)OC(=O)Nc1ccc(-c2c(N)c3ccc(OCC(N)=O)cc3n2C2CCC2)cc1. The van der Waals surface area contributed by atoms with E-state index < -0.39 is 12.0 Å². The number of hydrogen-bond donors (Lipinski definition) is 3. The molecule has 0 saturated heterocycles. The smallest absolute Gasteiger partial charge is 0.411 e. The summed E-state index contributed by atoms with van der Waals surface area (Å²) in [4.78, 5) is 23.0. The van der Waals surface area contributed by atoms with Crippen molar-refractivity contribution in [2.75, 3.05) is 17.7 Å². The molecule has 5 N–H and O–H groups in total. The molecule has 8 nitrogen and oxygen atoms in total. The van der Waals surface area contributed by atoms with Crippen LogP contribution in [0.2, 0.25) is 0 Å². The third-order valence-electron chi connectivity index (χ3n) is 5.58. The van der Waals surface area contributed by atoms with Crippen LogP contribution in [0.15, 0.2) is 42.5 Å². The zero-order valence-corrected chi connectivity index (χ0v) is 18.3. The second-order valence-corrected chi connectivity index (χ2v) is 8.31. The number of carbonyl (C=O) groups excluding carboxylic acids is 2. The first kappa shape index (κ1) is 21.5. The number of fused-ring (bicyclic) bond motifs is 1. The predicted octanol–water partition coefficient (Wildman–Crippen LogP) is 4.44. The Labute approximate surface area is 186 Å². The topological polar surface area (TPSA) is 122 Å². The lowest BCUT2D eigenvalue weighted by atomic mass is 9.92. The Balaban J connectivity index is 1.70. The highest BCUT2D eigenvalue weighted by Gasteiger charge is 2.27. The zero-order chi connectivity index (χ0) is 22.8. The molecule has 4 rings (SSSR count). The molecule has 0 atom stereocenters. The minimum atomic E-state index is -0.523. The van der Waals surface area contributed by atoms with Crippen LogP contribution in [-0.2, 0) is 9.53 Å². The Morgan fingerprint density at radius 3 is 2.47 bits per heavy atom. The van der Waals surface area contributed by atoms with E-state index in [1.807, 2.05) is 36.4 Å². The zero-order valence-electron chi connectivity index (χ0n) is 18.3. The number of hydrogen-bond acceptors (Lipinski definition) is 5. The summed E-state index contributed by atoms with van der Waals surface area (Å²) in [6.07, 6.45) is 2.64. The number of benzene rings is 2. The first-order chi connectivity index (χ1) is 15.3. The normalized spacial score (nSPS) is 13.7. The van der Waals surface area contributed by atoms with Crippen molar-refractivity contribution in [2.24, 2.45) is 5.73 Å². The minimum absolute atomic E-state index is 0.175. The molecule has 0 bridgehead atoms. The van der Waals surface area contributed by atoms with Crippen molar-refractivity contribution in [1.29, 1.82) is 0 Å². The predicted molar refractivity (Wildman–Crippen MR) is 125 cm³/mol. The van der Waals surface area contributed by atoms with Crippen LogP contribution < -0.4 is 21.5 Å². The molecule has 3 aromatic rings. The first-order valence-corrected chi connectivity index (χ1v) is 10.8. The molecule has 168 valence electrons.